The van der Waals surface area contributed by atoms with E-state index < -0.39 is 0 Å². The van der Waals surface area contributed by atoms with Gasteiger partial charge < -0.3 is 15.4 Å². The molecular weight excluding hydrogens is 338 g/mol. The Balaban J connectivity index is 1.51. The number of rotatable bonds is 9. The van der Waals surface area contributed by atoms with E-state index in [1.165, 1.54) is 12.8 Å². The molecule has 5 nitrogen and oxygen atoms in total. The summed E-state index contributed by atoms with van der Waals surface area (Å²) in [5.41, 5.74) is 2.57. The van der Waals surface area contributed by atoms with Crippen molar-refractivity contribution in [1.29, 1.82) is 0 Å². The van der Waals surface area contributed by atoms with E-state index in [0.717, 1.165) is 36.1 Å². The molecule has 2 aromatic rings. The number of benzene rings is 2. The molecule has 1 amide bonds. The fourth-order valence-electron chi connectivity index (χ4n) is 3.12. The summed E-state index contributed by atoms with van der Waals surface area (Å²) in [5, 5.41) is 6.48. The van der Waals surface area contributed by atoms with Crippen molar-refractivity contribution >= 4 is 11.6 Å². The minimum absolute atomic E-state index is 0.123. The quantitative estimate of drug-likeness (QED) is 0.712. The van der Waals surface area contributed by atoms with Gasteiger partial charge in [-0.05, 0) is 68.8 Å². The molecule has 0 aliphatic heterocycles. The Hall–Kier alpha value is -2.37. The number of anilines is 1. The van der Waals surface area contributed by atoms with Crippen LogP contribution < -0.4 is 15.4 Å². The molecule has 0 bridgehead atoms. The summed E-state index contributed by atoms with van der Waals surface area (Å²) in [6.07, 6.45) is 2.66. The summed E-state index contributed by atoms with van der Waals surface area (Å²) < 4.78 is 5.13. The number of nitrogens with zero attached hydrogens (tertiary/aromatic N) is 1. The van der Waals surface area contributed by atoms with Gasteiger partial charge in [0.05, 0.1) is 7.11 Å². The summed E-state index contributed by atoms with van der Waals surface area (Å²) in [7, 11) is 3.82. The van der Waals surface area contributed by atoms with Crippen LogP contribution >= 0.6 is 0 Å². The maximum Gasteiger partial charge on any atom is 0.255 e. The summed E-state index contributed by atoms with van der Waals surface area (Å²) in [4.78, 5) is 14.9. The van der Waals surface area contributed by atoms with E-state index in [1.807, 2.05) is 18.2 Å². The second-order valence-corrected chi connectivity index (χ2v) is 7.26. The van der Waals surface area contributed by atoms with Crippen LogP contribution in [0.2, 0.25) is 0 Å². The van der Waals surface area contributed by atoms with Gasteiger partial charge in [-0.1, -0.05) is 12.1 Å². The first-order chi connectivity index (χ1) is 13.1. The molecule has 144 valence electrons. The number of ether oxygens (including phenoxy) is 1. The van der Waals surface area contributed by atoms with Crippen LogP contribution in [0.15, 0.2) is 48.5 Å². The Morgan fingerprint density at radius 2 is 1.96 bits per heavy atom. The largest absolute Gasteiger partial charge is 0.497 e. The van der Waals surface area contributed by atoms with Gasteiger partial charge in [-0.3, -0.25) is 9.69 Å². The number of methoxy groups -OCH3 is 1. The van der Waals surface area contributed by atoms with Crippen LogP contribution in [0, 0.1) is 0 Å². The van der Waals surface area contributed by atoms with Crippen LogP contribution in [-0.2, 0) is 6.54 Å². The monoisotopic (exact) mass is 367 g/mol. The van der Waals surface area contributed by atoms with E-state index in [0.29, 0.717) is 11.6 Å². The molecule has 0 radical (unpaired) electrons. The number of likely N-dealkylation sites (N-methyl/N-ethyl adjacent to an activating group) is 1. The zero-order chi connectivity index (χ0) is 19.2. The van der Waals surface area contributed by atoms with E-state index in [1.54, 1.807) is 31.4 Å². The van der Waals surface area contributed by atoms with Gasteiger partial charge in [0.25, 0.3) is 5.91 Å². The Bertz CT molecular complexity index is 756. The highest BCUT2D eigenvalue weighted by molar-refractivity contribution is 6.04. The zero-order valence-electron chi connectivity index (χ0n) is 16.4. The van der Waals surface area contributed by atoms with E-state index in [4.69, 9.17) is 4.74 Å². The van der Waals surface area contributed by atoms with Crippen molar-refractivity contribution in [2.24, 2.45) is 0 Å². The molecule has 1 fully saturated rings. The molecule has 3 rings (SSSR count). The van der Waals surface area contributed by atoms with Crippen LogP contribution in [0.4, 0.5) is 5.69 Å². The lowest BCUT2D eigenvalue weighted by Gasteiger charge is -2.24. The normalized spacial score (nSPS) is 14.8. The number of carbonyl (C=O) groups is 1. The Morgan fingerprint density at radius 3 is 2.63 bits per heavy atom. The number of hydrogen-bond donors (Lipinski definition) is 2. The van der Waals surface area contributed by atoms with E-state index in [-0.39, 0.29) is 5.91 Å². The van der Waals surface area contributed by atoms with Gasteiger partial charge >= 0.3 is 0 Å². The van der Waals surface area contributed by atoms with Crippen LogP contribution in [0.3, 0.4) is 0 Å². The third kappa shape index (κ3) is 5.55. The fraction of sp³-hybridized carbons (Fsp3) is 0.409. The maximum absolute atomic E-state index is 12.4. The van der Waals surface area contributed by atoms with Crippen LogP contribution in [0.5, 0.6) is 5.75 Å². The third-order valence-electron chi connectivity index (χ3n) is 5.12. The summed E-state index contributed by atoms with van der Waals surface area (Å²) >= 11 is 0. The van der Waals surface area contributed by atoms with Crippen molar-refractivity contribution in [3.8, 4) is 5.75 Å². The standard InChI is InChI=1S/C22H29N3O2/c1-16(25(2)20-9-10-20)14-23-15-17-5-4-6-19(13-17)24-22(26)18-7-11-21(27-3)12-8-18/h4-8,11-13,16,20,23H,9-10,14-15H2,1-3H3,(H,24,26). The molecule has 0 heterocycles. The van der Waals surface area contributed by atoms with Crippen molar-refractivity contribution in [3.05, 3.63) is 59.7 Å². The third-order valence-corrected chi connectivity index (χ3v) is 5.12. The maximum atomic E-state index is 12.4. The number of carbonyl (C=O) groups excluding carboxylic acids is 1. The Labute approximate surface area is 161 Å². The van der Waals surface area contributed by atoms with Crippen molar-refractivity contribution in [2.75, 3.05) is 26.0 Å². The van der Waals surface area contributed by atoms with Crippen molar-refractivity contribution in [3.63, 3.8) is 0 Å². The molecule has 2 aromatic carbocycles. The summed E-state index contributed by atoms with van der Waals surface area (Å²) in [5.74, 6) is 0.614. The molecule has 1 aliphatic rings. The highest BCUT2D eigenvalue weighted by Crippen LogP contribution is 2.26. The smallest absolute Gasteiger partial charge is 0.255 e. The van der Waals surface area contributed by atoms with Gasteiger partial charge in [-0.15, -0.1) is 0 Å². The van der Waals surface area contributed by atoms with Crippen LogP contribution in [0.25, 0.3) is 0 Å². The predicted molar refractivity (Wildman–Crippen MR) is 109 cm³/mol. The first-order valence-corrected chi connectivity index (χ1v) is 9.54. The van der Waals surface area contributed by atoms with Gasteiger partial charge in [0.1, 0.15) is 5.75 Å². The second-order valence-electron chi connectivity index (χ2n) is 7.26. The van der Waals surface area contributed by atoms with Gasteiger partial charge in [0, 0.05) is 36.4 Å². The molecule has 5 heteroatoms. The highest BCUT2D eigenvalue weighted by Gasteiger charge is 2.28. The predicted octanol–water partition coefficient (Wildman–Crippen LogP) is 3.52. The minimum Gasteiger partial charge on any atom is -0.497 e. The first-order valence-electron chi connectivity index (χ1n) is 9.54. The molecule has 0 spiro atoms. The number of nitrogens with one attached hydrogen (secondary N) is 2. The average Bonchev–Trinajstić information content (AvgIpc) is 3.53. The molecule has 1 unspecified atom stereocenters. The SMILES string of the molecule is COc1ccc(C(=O)Nc2cccc(CNCC(C)N(C)C3CC3)c2)cc1. The van der Waals surface area contributed by atoms with Gasteiger partial charge in [0.2, 0.25) is 0 Å². The zero-order valence-corrected chi connectivity index (χ0v) is 16.4. The van der Waals surface area contributed by atoms with Gasteiger partial charge in [-0.2, -0.15) is 0 Å². The lowest BCUT2D eigenvalue weighted by Crippen LogP contribution is -2.38. The number of hydrogen-bond acceptors (Lipinski definition) is 4. The van der Waals surface area contributed by atoms with Crippen molar-refractivity contribution in [1.82, 2.24) is 10.2 Å². The topological polar surface area (TPSA) is 53.6 Å². The lowest BCUT2D eigenvalue weighted by atomic mass is 10.1. The molecule has 2 N–H and O–H groups in total. The molecule has 0 aromatic heterocycles. The van der Waals surface area contributed by atoms with Crippen molar-refractivity contribution in [2.45, 2.75) is 38.4 Å². The van der Waals surface area contributed by atoms with Crippen molar-refractivity contribution < 1.29 is 9.53 Å². The molecule has 1 atom stereocenters. The van der Waals surface area contributed by atoms with E-state index in [2.05, 4.69) is 35.6 Å². The molecule has 0 saturated heterocycles. The highest BCUT2D eigenvalue weighted by atomic mass is 16.5. The van der Waals surface area contributed by atoms with Crippen LogP contribution in [0.1, 0.15) is 35.7 Å². The Kier molecular flexibility index (Phi) is 6.48. The van der Waals surface area contributed by atoms with E-state index in [9.17, 15) is 4.79 Å². The van der Waals surface area contributed by atoms with Gasteiger partial charge in [0.15, 0.2) is 0 Å². The molecule has 27 heavy (non-hydrogen) atoms. The summed E-state index contributed by atoms with van der Waals surface area (Å²) in [6, 6.07) is 16.4. The summed E-state index contributed by atoms with van der Waals surface area (Å²) in [6.45, 7) is 4.00. The number of amides is 1. The van der Waals surface area contributed by atoms with E-state index >= 15 is 0 Å². The lowest BCUT2D eigenvalue weighted by molar-refractivity contribution is 0.102. The minimum atomic E-state index is -0.123. The molecular formula is C22H29N3O2. The Morgan fingerprint density at radius 1 is 1.22 bits per heavy atom. The fourth-order valence-corrected chi connectivity index (χ4v) is 3.12. The van der Waals surface area contributed by atoms with Gasteiger partial charge in [-0.25, -0.2) is 0 Å². The molecule has 1 saturated carbocycles. The van der Waals surface area contributed by atoms with Crippen LogP contribution in [-0.4, -0.2) is 43.6 Å². The second kappa shape index (κ2) is 9.02. The molecule has 1 aliphatic carbocycles. The first kappa shape index (κ1) is 19.4. The average molecular weight is 367 g/mol.